The van der Waals surface area contributed by atoms with Crippen LogP contribution in [0.2, 0.25) is 0 Å². The van der Waals surface area contributed by atoms with Crippen LogP contribution in [0.25, 0.3) is 0 Å². The highest BCUT2D eigenvalue weighted by atomic mass is 16.5. The van der Waals surface area contributed by atoms with E-state index in [0.717, 1.165) is 17.1 Å². The molecule has 4 nitrogen and oxygen atoms in total. The Morgan fingerprint density at radius 1 is 0.957 bits per heavy atom. The highest BCUT2D eigenvalue weighted by molar-refractivity contribution is 5.93. The van der Waals surface area contributed by atoms with E-state index in [4.69, 9.17) is 4.74 Å². The second-order valence-electron chi connectivity index (χ2n) is 4.95. The molecule has 0 unspecified atom stereocenters. The normalized spacial score (nSPS) is 10.1. The monoisotopic (exact) mass is 304 g/mol. The number of benzene rings is 2. The van der Waals surface area contributed by atoms with Gasteiger partial charge in [0.15, 0.2) is 0 Å². The van der Waals surface area contributed by atoms with E-state index in [9.17, 15) is 4.79 Å². The molecular weight excluding hydrogens is 288 g/mol. The Balaban J connectivity index is 1.70. The molecule has 3 rings (SSSR count). The smallest absolute Gasteiger partial charge is 0.253 e. The van der Waals surface area contributed by atoms with E-state index in [1.165, 1.54) is 0 Å². The van der Waals surface area contributed by atoms with Gasteiger partial charge in [0.1, 0.15) is 11.5 Å². The molecule has 0 saturated carbocycles. The van der Waals surface area contributed by atoms with E-state index in [1.54, 1.807) is 24.5 Å². The summed E-state index contributed by atoms with van der Waals surface area (Å²) in [4.78, 5) is 16.0. The van der Waals surface area contributed by atoms with E-state index in [1.807, 2.05) is 54.6 Å². The highest BCUT2D eigenvalue weighted by Gasteiger charge is 2.08. The third kappa shape index (κ3) is 3.95. The van der Waals surface area contributed by atoms with Gasteiger partial charge in [0.05, 0.1) is 5.56 Å². The summed E-state index contributed by atoms with van der Waals surface area (Å²) >= 11 is 0. The Labute approximate surface area is 134 Å². The fraction of sp³-hybridized carbons (Fsp3) is 0.0526. The van der Waals surface area contributed by atoms with Gasteiger partial charge in [-0.2, -0.15) is 0 Å². The van der Waals surface area contributed by atoms with Crippen LogP contribution in [0.4, 0.5) is 0 Å². The molecule has 0 aliphatic rings. The summed E-state index contributed by atoms with van der Waals surface area (Å²) in [6, 6.07) is 20.7. The Morgan fingerprint density at radius 3 is 2.52 bits per heavy atom. The number of aromatic nitrogens is 1. The highest BCUT2D eigenvalue weighted by Crippen LogP contribution is 2.24. The summed E-state index contributed by atoms with van der Waals surface area (Å²) in [5.74, 6) is 1.33. The summed E-state index contributed by atoms with van der Waals surface area (Å²) in [6.45, 7) is 0.386. The van der Waals surface area contributed by atoms with Crippen LogP contribution in [-0.2, 0) is 6.54 Å². The Kier molecular flexibility index (Phi) is 4.64. The summed E-state index contributed by atoms with van der Waals surface area (Å²) in [6.07, 6.45) is 3.18. The second kappa shape index (κ2) is 7.22. The van der Waals surface area contributed by atoms with Crippen molar-refractivity contribution in [2.24, 2.45) is 0 Å². The molecule has 0 aliphatic heterocycles. The molecular formula is C19H16N2O2. The number of para-hydroxylation sites is 2. The lowest BCUT2D eigenvalue weighted by Crippen LogP contribution is -2.23. The fourth-order valence-electron chi connectivity index (χ4n) is 2.14. The van der Waals surface area contributed by atoms with Gasteiger partial charge in [-0.15, -0.1) is 0 Å². The number of nitrogens with zero attached hydrogens (tertiary/aromatic N) is 1. The largest absolute Gasteiger partial charge is 0.457 e. The first kappa shape index (κ1) is 14.8. The molecule has 0 saturated heterocycles. The van der Waals surface area contributed by atoms with E-state index in [0.29, 0.717) is 12.1 Å². The fourth-order valence-corrected chi connectivity index (χ4v) is 2.14. The van der Waals surface area contributed by atoms with Gasteiger partial charge in [0.25, 0.3) is 5.91 Å². The lowest BCUT2D eigenvalue weighted by Gasteiger charge is -2.12. The van der Waals surface area contributed by atoms with Crippen molar-refractivity contribution in [2.75, 3.05) is 0 Å². The molecule has 0 aliphatic carbocycles. The van der Waals surface area contributed by atoms with Crippen molar-refractivity contribution in [3.05, 3.63) is 90.3 Å². The average Bonchev–Trinajstić information content (AvgIpc) is 2.62. The zero-order valence-electron chi connectivity index (χ0n) is 12.5. The third-order valence-electron chi connectivity index (χ3n) is 3.31. The number of carbonyl (C=O) groups is 1. The lowest BCUT2D eigenvalue weighted by atomic mass is 10.2. The van der Waals surface area contributed by atoms with Gasteiger partial charge in [-0.1, -0.05) is 36.4 Å². The van der Waals surface area contributed by atoms with E-state index < -0.39 is 0 Å². The maximum Gasteiger partial charge on any atom is 0.253 e. The molecule has 1 N–H and O–H groups in total. The first-order valence-corrected chi connectivity index (χ1v) is 7.32. The number of rotatable bonds is 5. The van der Waals surface area contributed by atoms with Crippen LogP contribution < -0.4 is 10.1 Å². The van der Waals surface area contributed by atoms with Gasteiger partial charge in [0, 0.05) is 24.5 Å². The van der Waals surface area contributed by atoms with Crippen molar-refractivity contribution in [3.63, 3.8) is 0 Å². The van der Waals surface area contributed by atoms with Gasteiger partial charge in [-0.05, 0) is 30.3 Å². The molecule has 3 aromatic rings. The Morgan fingerprint density at radius 2 is 1.74 bits per heavy atom. The van der Waals surface area contributed by atoms with Crippen molar-refractivity contribution in [1.82, 2.24) is 10.3 Å². The summed E-state index contributed by atoms with van der Waals surface area (Å²) < 4.78 is 5.88. The standard InChI is InChI=1S/C19H16N2O2/c22-19(16-8-6-12-20-13-16)21-14-15-7-4-5-11-18(15)23-17-9-2-1-3-10-17/h1-13H,14H2,(H,21,22). The maximum atomic E-state index is 12.1. The number of hydrogen-bond donors (Lipinski definition) is 1. The minimum Gasteiger partial charge on any atom is -0.457 e. The molecule has 0 atom stereocenters. The minimum absolute atomic E-state index is 0.160. The third-order valence-corrected chi connectivity index (χ3v) is 3.31. The second-order valence-corrected chi connectivity index (χ2v) is 4.95. The van der Waals surface area contributed by atoms with Gasteiger partial charge in [-0.3, -0.25) is 9.78 Å². The number of pyridine rings is 1. The molecule has 0 radical (unpaired) electrons. The summed E-state index contributed by atoms with van der Waals surface area (Å²) in [7, 11) is 0. The van der Waals surface area contributed by atoms with Crippen LogP contribution in [0, 0.1) is 0 Å². The number of carbonyl (C=O) groups excluding carboxylic acids is 1. The van der Waals surface area contributed by atoms with E-state index in [-0.39, 0.29) is 5.91 Å². The van der Waals surface area contributed by atoms with Crippen molar-refractivity contribution in [2.45, 2.75) is 6.54 Å². The molecule has 4 heteroatoms. The Hall–Kier alpha value is -3.14. The zero-order valence-corrected chi connectivity index (χ0v) is 12.5. The predicted molar refractivity (Wildman–Crippen MR) is 88.4 cm³/mol. The zero-order chi connectivity index (χ0) is 15.9. The minimum atomic E-state index is -0.160. The lowest BCUT2D eigenvalue weighted by molar-refractivity contribution is 0.0950. The van der Waals surface area contributed by atoms with Crippen molar-refractivity contribution in [3.8, 4) is 11.5 Å². The van der Waals surface area contributed by atoms with Crippen LogP contribution in [0.1, 0.15) is 15.9 Å². The van der Waals surface area contributed by atoms with Crippen LogP contribution in [-0.4, -0.2) is 10.9 Å². The van der Waals surface area contributed by atoms with Gasteiger partial charge < -0.3 is 10.1 Å². The molecule has 1 amide bonds. The SMILES string of the molecule is O=C(NCc1ccccc1Oc1ccccc1)c1cccnc1. The molecule has 1 heterocycles. The van der Waals surface area contributed by atoms with Gasteiger partial charge in [-0.25, -0.2) is 0 Å². The first-order chi connectivity index (χ1) is 11.3. The van der Waals surface area contributed by atoms with Crippen LogP contribution >= 0.6 is 0 Å². The van der Waals surface area contributed by atoms with Crippen molar-refractivity contribution >= 4 is 5.91 Å². The first-order valence-electron chi connectivity index (χ1n) is 7.32. The average molecular weight is 304 g/mol. The topological polar surface area (TPSA) is 51.2 Å². The molecule has 114 valence electrons. The predicted octanol–water partition coefficient (Wildman–Crippen LogP) is 3.80. The maximum absolute atomic E-state index is 12.1. The van der Waals surface area contributed by atoms with E-state index >= 15 is 0 Å². The quantitative estimate of drug-likeness (QED) is 0.780. The molecule has 1 aromatic heterocycles. The number of nitrogens with one attached hydrogen (secondary N) is 1. The molecule has 0 spiro atoms. The van der Waals surface area contributed by atoms with E-state index in [2.05, 4.69) is 10.3 Å². The molecule has 2 aromatic carbocycles. The number of amides is 1. The van der Waals surface area contributed by atoms with Crippen LogP contribution in [0.15, 0.2) is 79.1 Å². The van der Waals surface area contributed by atoms with Gasteiger partial charge in [0.2, 0.25) is 0 Å². The molecule has 0 bridgehead atoms. The van der Waals surface area contributed by atoms with Crippen molar-refractivity contribution in [1.29, 1.82) is 0 Å². The number of hydrogen-bond acceptors (Lipinski definition) is 3. The molecule has 23 heavy (non-hydrogen) atoms. The van der Waals surface area contributed by atoms with Crippen LogP contribution in [0.3, 0.4) is 0 Å². The Bertz CT molecular complexity index is 774. The number of ether oxygens (including phenoxy) is 1. The van der Waals surface area contributed by atoms with Gasteiger partial charge >= 0.3 is 0 Å². The summed E-state index contributed by atoms with van der Waals surface area (Å²) in [5, 5.41) is 2.88. The molecule has 0 fully saturated rings. The summed E-state index contributed by atoms with van der Waals surface area (Å²) in [5.41, 5.74) is 1.45. The van der Waals surface area contributed by atoms with Crippen LogP contribution in [0.5, 0.6) is 11.5 Å². The van der Waals surface area contributed by atoms with Crippen molar-refractivity contribution < 1.29 is 9.53 Å².